The van der Waals surface area contributed by atoms with Gasteiger partial charge in [-0.05, 0) is 43.7 Å². The topological polar surface area (TPSA) is 42.5 Å². The highest BCUT2D eigenvalue weighted by molar-refractivity contribution is 5.82. The van der Waals surface area contributed by atoms with Crippen molar-refractivity contribution in [1.82, 2.24) is 9.80 Å². The normalized spacial score (nSPS) is 18.4. The molecule has 3 rings (SSSR count). The third kappa shape index (κ3) is 6.36. The van der Waals surface area contributed by atoms with Gasteiger partial charge in [0.2, 0.25) is 0 Å². The maximum Gasteiger partial charge on any atom is 0.260 e. The summed E-state index contributed by atoms with van der Waals surface area (Å²) in [6, 6.07) is 11.0. The van der Waals surface area contributed by atoms with Gasteiger partial charge in [-0.3, -0.25) is 9.69 Å². The number of ether oxygens (including phenoxy) is 1. The van der Waals surface area contributed by atoms with Crippen LogP contribution in [0.15, 0.2) is 36.4 Å². The van der Waals surface area contributed by atoms with Crippen LogP contribution < -0.4 is 19.4 Å². The van der Waals surface area contributed by atoms with Crippen LogP contribution in [0.25, 0.3) is 0 Å². The van der Waals surface area contributed by atoms with E-state index in [0.717, 1.165) is 35.7 Å². The zero-order valence-electron chi connectivity index (χ0n) is 22.4. The molecule has 0 saturated carbocycles. The van der Waals surface area contributed by atoms with Crippen LogP contribution in [-0.2, 0) is 11.3 Å². The Bertz CT molecular complexity index is 980. The summed E-state index contributed by atoms with van der Waals surface area (Å²) in [5, 5.41) is 0. The second-order valence-electron chi connectivity index (χ2n) is 10.1. The molecule has 2 aromatic rings. The Morgan fingerprint density at radius 3 is 2.00 bits per heavy atom. The minimum atomic E-state index is -0.225. The lowest BCUT2D eigenvalue weighted by molar-refractivity contribution is -0.139. The molecule has 192 valence electrons. The Morgan fingerprint density at radius 1 is 0.914 bits per heavy atom. The molecule has 1 saturated heterocycles. The summed E-state index contributed by atoms with van der Waals surface area (Å²) < 4.78 is 19.5. The highest BCUT2D eigenvalue weighted by Gasteiger charge is 2.32. The second-order valence-corrected chi connectivity index (χ2v) is 10.1. The van der Waals surface area contributed by atoms with Gasteiger partial charge in [0.05, 0.1) is 11.4 Å². The van der Waals surface area contributed by atoms with Gasteiger partial charge in [0.15, 0.2) is 12.4 Å². The predicted molar refractivity (Wildman–Crippen MR) is 142 cm³/mol. The quantitative estimate of drug-likeness (QED) is 0.570. The van der Waals surface area contributed by atoms with Crippen molar-refractivity contribution in [1.29, 1.82) is 0 Å². The second kappa shape index (κ2) is 11.2. The third-order valence-electron chi connectivity index (χ3n) is 6.59. The fourth-order valence-electron chi connectivity index (χ4n) is 4.46. The molecule has 1 aliphatic heterocycles. The molecule has 1 fully saturated rings. The Hall–Kier alpha value is -3.00. The Labute approximate surface area is 209 Å². The van der Waals surface area contributed by atoms with E-state index in [2.05, 4.69) is 35.8 Å². The van der Waals surface area contributed by atoms with E-state index in [1.54, 1.807) is 0 Å². The molecule has 0 radical (unpaired) electrons. The number of carbonyl (C=O) groups excluding carboxylic acids is 1. The molecule has 0 bridgehead atoms. The first-order valence-electron chi connectivity index (χ1n) is 12.1. The molecule has 0 spiro atoms. The van der Waals surface area contributed by atoms with Crippen LogP contribution in [-0.4, -0.2) is 89.8 Å². The number of halogens is 1. The van der Waals surface area contributed by atoms with Crippen LogP contribution >= 0.6 is 0 Å². The van der Waals surface area contributed by atoms with Gasteiger partial charge in [0, 0.05) is 79.7 Å². The molecule has 1 aliphatic rings. The van der Waals surface area contributed by atoms with Crippen LogP contribution in [0, 0.1) is 5.82 Å². The smallest absolute Gasteiger partial charge is 0.260 e. The van der Waals surface area contributed by atoms with Crippen molar-refractivity contribution in [3.63, 3.8) is 0 Å². The maximum absolute atomic E-state index is 13.3. The number of rotatable bonds is 8. The van der Waals surface area contributed by atoms with E-state index in [-0.39, 0.29) is 30.4 Å². The number of hydrogen-bond donors (Lipinski definition) is 0. The first-order valence-corrected chi connectivity index (χ1v) is 12.1. The number of hydrogen-bond acceptors (Lipinski definition) is 6. The molecule has 7 nitrogen and oxygen atoms in total. The first-order chi connectivity index (χ1) is 16.5. The van der Waals surface area contributed by atoms with Crippen LogP contribution in [0.4, 0.5) is 21.5 Å². The SMILES string of the molecule is C[C@@H]1CN(C(=O)COc2c(N(C)C)cc(N(C)C)cc2N(C)C)[C@@H](C)CN1Cc1ccc(F)cc1. The van der Waals surface area contributed by atoms with E-state index in [4.69, 9.17) is 4.74 Å². The number of carbonyl (C=O) groups is 1. The van der Waals surface area contributed by atoms with Crippen molar-refractivity contribution >= 4 is 23.0 Å². The monoisotopic (exact) mass is 485 g/mol. The molecule has 0 aliphatic carbocycles. The number of amides is 1. The van der Waals surface area contributed by atoms with Crippen LogP contribution in [0.3, 0.4) is 0 Å². The summed E-state index contributed by atoms with van der Waals surface area (Å²) in [6.07, 6.45) is 0. The number of nitrogens with zero attached hydrogens (tertiary/aromatic N) is 5. The molecule has 8 heteroatoms. The minimum Gasteiger partial charge on any atom is -0.479 e. The fourth-order valence-corrected chi connectivity index (χ4v) is 4.46. The summed E-state index contributed by atoms with van der Waals surface area (Å²) in [4.78, 5) is 23.6. The average Bonchev–Trinajstić information content (AvgIpc) is 2.80. The highest BCUT2D eigenvalue weighted by atomic mass is 19.1. The summed E-state index contributed by atoms with van der Waals surface area (Å²) in [6.45, 7) is 6.31. The first kappa shape index (κ1) is 26.6. The van der Waals surface area contributed by atoms with Gasteiger partial charge in [-0.2, -0.15) is 0 Å². The number of piperazine rings is 1. The highest BCUT2D eigenvalue weighted by Crippen LogP contribution is 2.40. The van der Waals surface area contributed by atoms with Gasteiger partial charge >= 0.3 is 0 Å². The minimum absolute atomic E-state index is 0.0159. The molecular formula is C27H40FN5O2. The molecule has 1 heterocycles. The summed E-state index contributed by atoms with van der Waals surface area (Å²) >= 11 is 0. The van der Waals surface area contributed by atoms with Crippen molar-refractivity contribution in [3.8, 4) is 5.75 Å². The van der Waals surface area contributed by atoms with E-state index in [0.29, 0.717) is 12.3 Å². The van der Waals surface area contributed by atoms with E-state index in [1.807, 2.05) is 69.1 Å². The maximum atomic E-state index is 13.3. The van der Waals surface area contributed by atoms with Gasteiger partial charge in [-0.15, -0.1) is 0 Å². The lowest BCUT2D eigenvalue weighted by Gasteiger charge is -2.44. The van der Waals surface area contributed by atoms with Gasteiger partial charge in [0.1, 0.15) is 5.82 Å². The zero-order valence-corrected chi connectivity index (χ0v) is 22.4. The Balaban J connectivity index is 1.71. The van der Waals surface area contributed by atoms with Crippen molar-refractivity contribution in [2.45, 2.75) is 32.5 Å². The lowest BCUT2D eigenvalue weighted by Crippen LogP contribution is -2.58. The number of benzene rings is 2. The van der Waals surface area contributed by atoms with Crippen molar-refractivity contribution in [2.24, 2.45) is 0 Å². The Kier molecular flexibility index (Phi) is 8.48. The molecular weight excluding hydrogens is 445 g/mol. The van der Waals surface area contributed by atoms with E-state index >= 15 is 0 Å². The van der Waals surface area contributed by atoms with E-state index < -0.39 is 0 Å². The van der Waals surface area contributed by atoms with Crippen molar-refractivity contribution < 1.29 is 13.9 Å². The molecule has 35 heavy (non-hydrogen) atoms. The zero-order chi connectivity index (χ0) is 25.9. The summed E-state index contributed by atoms with van der Waals surface area (Å²) in [5.74, 6) is 0.461. The van der Waals surface area contributed by atoms with Crippen molar-refractivity contribution in [2.75, 3.05) is 76.7 Å². The average molecular weight is 486 g/mol. The Morgan fingerprint density at radius 2 is 1.49 bits per heavy atom. The van der Waals surface area contributed by atoms with E-state index in [9.17, 15) is 9.18 Å². The standard InChI is InChI=1S/C27H40FN5O2/c1-19-16-33(20(2)15-32(19)17-21-9-11-22(28)12-10-21)26(34)18-35-27-24(30(5)6)13-23(29(3)4)14-25(27)31(7)8/h9-14,19-20H,15-18H2,1-8H3/t19-,20+/m1/s1. The number of anilines is 3. The van der Waals surface area contributed by atoms with Crippen LogP contribution in [0.5, 0.6) is 5.75 Å². The molecule has 0 aromatic heterocycles. The van der Waals surface area contributed by atoms with Gasteiger partial charge in [-0.25, -0.2) is 4.39 Å². The predicted octanol–water partition coefficient (Wildman–Crippen LogP) is 3.52. The van der Waals surface area contributed by atoms with Gasteiger partial charge < -0.3 is 24.3 Å². The van der Waals surface area contributed by atoms with Gasteiger partial charge in [0.25, 0.3) is 5.91 Å². The van der Waals surface area contributed by atoms with Gasteiger partial charge in [-0.1, -0.05) is 12.1 Å². The third-order valence-corrected chi connectivity index (χ3v) is 6.59. The van der Waals surface area contributed by atoms with Crippen molar-refractivity contribution in [3.05, 3.63) is 47.8 Å². The molecule has 2 aromatic carbocycles. The molecule has 0 N–H and O–H groups in total. The molecule has 0 unspecified atom stereocenters. The molecule has 2 atom stereocenters. The fraction of sp³-hybridized carbons (Fsp3) is 0.519. The summed E-state index contributed by atoms with van der Waals surface area (Å²) in [5.41, 5.74) is 3.99. The van der Waals surface area contributed by atoms with E-state index in [1.165, 1.54) is 12.1 Å². The van der Waals surface area contributed by atoms with Crippen LogP contribution in [0.2, 0.25) is 0 Å². The van der Waals surface area contributed by atoms with Crippen LogP contribution in [0.1, 0.15) is 19.4 Å². The summed E-state index contributed by atoms with van der Waals surface area (Å²) in [7, 11) is 11.9. The lowest BCUT2D eigenvalue weighted by atomic mass is 10.1. The molecule has 1 amide bonds. The largest absolute Gasteiger partial charge is 0.479 e.